The maximum atomic E-state index is 3.89. The van der Waals surface area contributed by atoms with Crippen molar-refractivity contribution in [3.05, 3.63) is 113 Å². The molecular formula is C26H22N4. The molecule has 0 aliphatic heterocycles. The van der Waals surface area contributed by atoms with Gasteiger partial charge in [-0.25, -0.2) is 5.10 Å². The Morgan fingerprint density at radius 2 is 1.53 bits per heavy atom. The van der Waals surface area contributed by atoms with Gasteiger partial charge in [0.25, 0.3) is 0 Å². The highest BCUT2D eigenvalue weighted by Crippen LogP contribution is 2.39. The molecule has 0 saturated carbocycles. The van der Waals surface area contributed by atoms with Gasteiger partial charge in [-0.15, -0.1) is 5.10 Å². The SMILES string of the molecule is C(=C\c1nnn[nH]1)/c1ccc(C2=C(c3ccccc3)CCCc3ccccc32)cc1. The molecule has 3 aromatic carbocycles. The van der Waals surface area contributed by atoms with Crippen LogP contribution in [0.1, 0.15) is 46.5 Å². The summed E-state index contributed by atoms with van der Waals surface area (Å²) in [6.45, 7) is 0. The van der Waals surface area contributed by atoms with Gasteiger partial charge in [-0.1, -0.05) is 84.9 Å². The van der Waals surface area contributed by atoms with Crippen molar-refractivity contribution in [1.82, 2.24) is 20.6 Å². The number of rotatable bonds is 4. The number of nitrogens with zero attached hydrogens (tertiary/aromatic N) is 3. The summed E-state index contributed by atoms with van der Waals surface area (Å²) in [5.74, 6) is 0.644. The van der Waals surface area contributed by atoms with Crippen LogP contribution in [0.25, 0.3) is 23.3 Å². The number of fused-ring (bicyclic) bond motifs is 1. The summed E-state index contributed by atoms with van der Waals surface area (Å²) >= 11 is 0. The molecule has 1 aliphatic rings. The fraction of sp³-hybridized carbons (Fsp3) is 0.115. The molecule has 0 fully saturated rings. The highest BCUT2D eigenvalue weighted by atomic mass is 15.5. The van der Waals surface area contributed by atoms with Crippen molar-refractivity contribution >= 4 is 23.3 Å². The van der Waals surface area contributed by atoms with Gasteiger partial charge >= 0.3 is 0 Å². The normalized spacial score (nSPS) is 14.0. The van der Waals surface area contributed by atoms with Gasteiger partial charge in [-0.05, 0) is 74.7 Å². The molecule has 1 aliphatic carbocycles. The Balaban J connectivity index is 1.60. The minimum Gasteiger partial charge on any atom is -0.239 e. The van der Waals surface area contributed by atoms with Crippen molar-refractivity contribution in [2.75, 3.05) is 0 Å². The van der Waals surface area contributed by atoms with E-state index in [2.05, 4.69) is 99.5 Å². The first kappa shape index (κ1) is 18.3. The maximum Gasteiger partial charge on any atom is 0.172 e. The topological polar surface area (TPSA) is 54.5 Å². The Kier molecular flexibility index (Phi) is 5.05. The van der Waals surface area contributed by atoms with Crippen LogP contribution in [0.4, 0.5) is 0 Å². The molecule has 1 heterocycles. The third kappa shape index (κ3) is 3.72. The van der Waals surface area contributed by atoms with Crippen molar-refractivity contribution in [3.8, 4) is 0 Å². The third-order valence-electron chi connectivity index (χ3n) is 5.58. The number of aromatic amines is 1. The van der Waals surface area contributed by atoms with Gasteiger partial charge in [0.1, 0.15) is 0 Å². The van der Waals surface area contributed by atoms with E-state index in [9.17, 15) is 0 Å². The zero-order valence-corrected chi connectivity index (χ0v) is 16.6. The average molecular weight is 390 g/mol. The van der Waals surface area contributed by atoms with Crippen LogP contribution in [0.5, 0.6) is 0 Å². The van der Waals surface area contributed by atoms with E-state index in [1.807, 2.05) is 12.2 Å². The molecule has 1 N–H and O–H groups in total. The first-order valence-electron chi connectivity index (χ1n) is 10.3. The summed E-state index contributed by atoms with van der Waals surface area (Å²) in [6, 6.07) is 28.4. The lowest BCUT2D eigenvalue weighted by atomic mass is 9.87. The van der Waals surface area contributed by atoms with Gasteiger partial charge in [0.2, 0.25) is 0 Å². The van der Waals surface area contributed by atoms with Crippen LogP contribution in [0.2, 0.25) is 0 Å². The lowest BCUT2D eigenvalue weighted by molar-refractivity contribution is 0.860. The van der Waals surface area contributed by atoms with E-state index in [-0.39, 0.29) is 0 Å². The molecule has 0 bridgehead atoms. The molecule has 0 unspecified atom stereocenters. The Labute approximate surface area is 176 Å². The molecule has 0 spiro atoms. The van der Waals surface area contributed by atoms with Gasteiger partial charge in [0.05, 0.1) is 0 Å². The van der Waals surface area contributed by atoms with E-state index in [1.165, 1.54) is 33.4 Å². The number of allylic oxidation sites excluding steroid dienone is 1. The van der Waals surface area contributed by atoms with Crippen LogP contribution >= 0.6 is 0 Å². The Hall–Kier alpha value is -3.79. The Bertz CT molecular complexity index is 1190. The molecule has 30 heavy (non-hydrogen) atoms. The first-order chi connectivity index (χ1) is 14.9. The average Bonchev–Trinajstić information content (AvgIpc) is 3.25. The fourth-order valence-electron chi connectivity index (χ4n) is 4.16. The van der Waals surface area contributed by atoms with E-state index in [4.69, 9.17) is 0 Å². The number of nitrogens with one attached hydrogen (secondary N) is 1. The summed E-state index contributed by atoms with van der Waals surface area (Å²) in [7, 11) is 0. The second-order valence-corrected chi connectivity index (χ2v) is 7.47. The van der Waals surface area contributed by atoms with Crippen molar-refractivity contribution in [2.24, 2.45) is 0 Å². The Morgan fingerprint density at radius 3 is 2.33 bits per heavy atom. The molecule has 4 nitrogen and oxygen atoms in total. The highest BCUT2D eigenvalue weighted by molar-refractivity contribution is 5.99. The standard InChI is InChI=1S/C26H22N4/c1-2-7-20(8-3-1)24-12-6-10-21-9-4-5-11-23(21)26(24)22-16-13-19(14-17-22)15-18-25-27-29-30-28-25/h1-5,7-9,11,13-18H,6,10,12H2,(H,27,28,29,30)/b18-15+. The van der Waals surface area contributed by atoms with Gasteiger partial charge in [0.15, 0.2) is 5.82 Å². The molecule has 4 aromatic rings. The number of tetrazole rings is 1. The molecule has 0 radical (unpaired) electrons. The zero-order valence-electron chi connectivity index (χ0n) is 16.6. The minimum atomic E-state index is 0.644. The number of hydrogen-bond acceptors (Lipinski definition) is 3. The number of hydrogen-bond donors (Lipinski definition) is 1. The van der Waals surface area contributed by atoms with E-state index < -0.39 is 0 Å². The van der Waals surface area contributed by atoms with Crippen molar-refractivity contribution < 1.29 is 0 Å². The maximum absolute atomic E-state index is 3.89. The largest absolute Gasteiger partial charge is 0.239 e. The van der Waals surface area contributed by atoms with E-state index in [0.717, 1.165) is 24.8 Å². The van der Waals surface area contributed by atoms with Gasteiger partial charge < -0.3 is 0 Å². The number of aromatic nitrogens is 4. The highest BCUT2D eigenvalue weighted by Gasteiger charge is 2.19. The van der Waals surface area contributed by atoms with Gasteiger partial charge in [0, 0.05) is 0 Å². The van der Waals surface area contributed by atoms with Crippen molar-refractivity contribution in [2.45, 2.75) is 19.3 Å². The quantitative estimate of drug-likeness (QED) is 0.489. The van der Waals surface area contributed by atoms with Crippen LogP contribution in [0.15, 0.2) is 78.9 Å². The first-order valence-corrected chi connectivity index (χ1v) is 10.3. The molecule has 5 rings (SSSR count). The molecule has 0 atom stereocenters. The number of aryl methyl sites for hydroxylation is 1. The number of H-pyrrole nitrogens is 1. The third-order valence-corrected chi connectivity index (χ3v) is 5.58. The second-order valence-electron chi connectivity index (χ2n) is 7.47. The zero-order chi connectivity index (χ0) is 20.2. The minimum absolute atomic E-state index is 0.644. The van der Waals surface area contributed by atoms with Crippen LogP contribution in [0, 0.1) is 0 Å². The lowest BCUT2D eigenvalue weighted by Gasteiger charge is -2.16. The molecular weight excluding hydrogens is 368 g/mol. The summed E-state index contributed by atoms with van der Waals surface area (Å²) in [6.07, 6.45) is 7.25. The van der Waals surface area contributed by atoms with Crippen molar-refractivity contribution in [1.29, 1.82) is 0 Å². The molecule has 0 saturated heterocycles. The van der Waals surface area contributed by atoms with E-state index in [0.29, 0.717) is 5.82 Å². The summed E-state index contributed by atoms with van der Waals surface area (Å²) < 4.78 is 0. The number of benzene rings is 3. The summed E-state index contributed by atoms with van der Waals surface area (Å²) in [5.41, 5.74) is 9.23. The summed E-state index contributed by atoms with van der Waals surface area (Å²) in [4.78, 5) is 0. The van der Waals surface area contributed by atoms with Crippen LogP contribution in [0.3, 0.4) is 0 Å². The Morgan fingerprint density at radius 1 is 0.733 bits per heavy atom. The predicted octanol–water partition coefficient (Wildman–Crippen LogP) is 5.67. The smallest absolute Gasteiger partial charge is 0.172 e. The fourth-order valence-corrected chi connectivity index (χ4v) is 4.16. The van der Waals surface area contributed by atoms with Gasteiger partial charge in [-0.2, -0.15) is 0 Å². The molecule has 0 amide bonds. The van der Waals surface area contributed by atoms with Crippen molar-refractivity contribution in [3.63, 3.8) is 0 Å². The van der Waals surface area contributed by atoms with Crippen LogP contribution in [-0.2, 0) is 6.42 Å². The second kappa shape index (κ2) is 8.29. The molecule has 4 heteroatoms. The van der Waals surface area contributed by atoms with Crippen LogP contribution in [-0.4, -0.2) is 20.6 Å². The van der Waals surface area contributed by atoms with Crippen LogP contribution < -0.4 is 0 Å². The van der Waals surface area contributed by atoms with E-state index >= 15 is 0 Å². The van der Waals surface area contributed by atoms with E-state index in [1.54, 1.807) is 0 Å². The predicted molar refractivity (Wildman–Crippen MR) is 121 cm³/mol. The molecule has 146 valence electrons. The molecule has 1 aromatic heterocycles. The van der Waals surface area contributed by atoms with Gasteiger partial charge in [-0.3, -0.25) is 0 Å². The summed E-state index contributed by atoms with van der Waals surface area (Å²) in [5, 5.41) is 13.8. The lowest BCUT2D eigenvalue weighted by Crippen LogP contribution is -1.96. The monoisotopic (exact) mass is 390 g/mol.